The number of piperidine rings is 1. The first-order chi connectivity index (χ1) is 12.0. The number of carbonyl (C=O) groups is 2. The van der Waals surface area contributed by atoms with Crippen molar-refractivity contribution in [2.45, 2.75) is 46.0 Å². The molecule has 1 aliphatic heterocycles. The van der Waals surface area contributed by atoms with E-state index >= 15 is 0 Å². The minimum absolute atomic E-state index is 0.0717. The van der Waals surface area contributed by atoms with Gasteiger partial charge in [0.05, 0.1) is 26.1 Å². The van der Waals surface area contributed by atoms with Crippen LogP contribution >= 0.6 is 0 Å². The average Bonchev–Trinajstić information content (AvgIpc) is 2.61. The maximum atomic E-state index is 12.6. The van der Waals surface area contributed by atoms with E-state index in [-0.39, 0.29) is 17.8 Å². The van der Waals surface area contributed by atoms with E-state index in [4.69, 9.17) is 9.47 Å². The second-order valence-electron chi connectivity index (χ2n) is 6.81. The number of hydrogen-bond donors (Lipinski definition) is 0. The van der Waals surface area contributed by atoms with E-state index in [0.717, 1.165) is 16.9 Å². The molecule has 0 N–H and O–H groups in total. The van der Waals surface area contributed by atoms with E-state index in [1.807, 2.05) is 24.0 Å². The van der Waals surface area contributed by atoms with Crippen LogP contribution in [0.25, 0.3) is 0 Å². The lowest BCUT2D eigenvalue weighted by molar-refractivity contribution is -0.151. The number of benzene rings is 1. The topological polar surface area (TPSA) is 55.8 Å². The molecule has 1 amide bonds. The van der Waals surface area contributed by atoms with Crippen LogP contribution < -0.4 is 4.74 Å². The maximum Gasteiger partial charge on any atom is 0.309 e. The molecule has 138 valence electrons. The highest BCUT2D eigenvalue weighted by Gasteiger charge is 2.28. The van der Waals surface area contributed by atoms with Crippen molar-refractivity contribution in [2.75, 3.05) is 26.8 Å². The van der Waals surface area contributed by atoms with Crippen molar-refractivity contribution in [1.29, 1.82) is 0 Å². The van der Waals surface area contributed by atoms with Crippen molar-refractivity contribution >= 4 is 11.9 Å². The monoisotopic (exact) mass is 347 g/mol. The molecule has 5 nitrogen and oxygen atoms in total. The molecule has 2 rings (SSSR count). The Kier molecular flexibility index (Phi) is 6.85. The van der Waals surface area contributed by atoms with E-state index in [1.165, 1.54) is 0 Å². The highest BCUT2D eigenvalue weighted by Crippen LogP contribution is 2.28. The van der Waals surface area contributed by atoms with E-state index in [2.05, 4.69) is 19.9 Å². The molecule has 0 bridgehead atoms. The van der Waals surface area contributed by atoms with Gasteiger partial charge in [0.25, 0.3) is 0 Å². The third kappa shape index (κ3) is 4.97. The minimum atomic E-state index is -0.133. The molecular weight excluding hydrogens is 318 g/mol. The second-order valence-corrected chi connectivity index (χ2v) is 6.81. The molecule has 1 aromatic rings. The summed E-state index contributed by atoms with van der Waals surface area (Å²) in [5.41, 5.74) is 2.12. The van der Waals surface area contributed by atoms with E-state index < -0.39 is 0 Å². The number of esters is 1. The Morgan fingerprint density at radius 2 is 1.92 bits per heavy atom. The van der Waals surface area contributed by atoms with Crippen molar-refractivity contribution in [2.24, 2.45) is 5.92 Å². The lowest BCUT2D eigenvalue weighted by Gasteiger charge is -2.31. The average molecular weight is 347 g/mol. The molecule has 1 heterocycles. The summed E-state index contributed by atoms with van der Waals surface area (Å²) < 4.78 is 10.5. The summed E-state index contributed by atoms with van der Waals surface area (Å²) in [5.74, 6) is 1.11. The summed E-state index contributed by atoms with van der Waals surface area (Å²) in [7, 11) is 1.67. The Balaban J connectivity index is 1.95. The third-order valence-electron chi connectivity index (χ3n) is 4.74. The van der Waals surface area contributed by atoms with Gasteiger partial charge < -0.3 is 14.4 Å². The molecule has 0 radical (unpaired) electrons. The normalized spacial score (nSPS) is 15.3. The summed E-state index contributed by atoms with van der Waals surface area (Å²) in [4.78, 5) is 26.2. The Morgan fingerprint density at radius 1 is 1.24 bits per heavy atom. The SMILES string of the molecule is CCOC(=O)C1CCN(C(=O)Cc2ccc(OC)c(C(C)C)c2)CC1. The number of likely N-dealkylation sites (tertiary alicyclic amines) is 1. The van der Waals surface area contributed by atoms with Crippen molar-refractivity contribution < 1.29 is 19.1 Å². The van der Waals surface area contributed by atoms with Gasteiger partial charge in [-0.2, -0.15) is 0 Å². The molecule has 0 aliphatic carbocycles. The third-order valence-corrected chi connectivity index (χ3v) is 4.74. The summed E-state index contributed by atoms with van der Waals surface area (Å²) in [6, 6.07) is 5.95. The highest BCUT2D eigenvalue weighted by molar-refractivity contribution is 5.79. The van der Waals surface area contributed by atoms with Gasteiger partial charge in [-0.1, -0.05) is 26.0 Å². The molecule has 0 spiro atoms. The Morgan fingerprint density at radius 3 is 2.48 bits per heavy atom. The molecule has 1 aliphatic rings. The first-order valence-electron chi connectivity index (χ1n) is 9.07. The fourth-order valence-electron chi connectivity index (χ4n) is 3.26. The first-order valence-corrected chi connectivity index (χ1v) is 9.07. The van der Waals surface area contributed by atoms with Gasteiger partial charge in [-0.15, -0.1) is 0 Å². The fourth-order valence-corrected chi connectivity index (χ4v) is 3.26. The fraction of sp³-hybridized carbons (Fsp3) is 0.600. The number of ether oxygens (including phenoxy) is 2. The Bertz CT molecular complexity index is 604. The number of carbonyl (C=O) groups excluding carboxylic acids is 2. The van der Waals surface area contributed by atoms with Gasteiger partial charge in [0.2, 0.25) is 5.91 Å². The van der Waals surface area contributed by atoms with E-state index in [9.17, 15) is 9.59 Å². The molecule has 1 aromatic carbocycles. The van der Waals surface area contributed by atoms with Crippen LogP contribution in [0.2, 0.25) is 0 Å². The summed E-state index contributed by atoms with van der Waals surface area (Å²) in [6.07, 6.45) is 1.75. The zero-order valence-corrected chi connectivity index (χ0v) is 15.7. The van der Waals surface area contributed by atoms with E-state index in [1.54, 1.807) is 7.11 Å². The van der Waals surface area contributed by atoms with Crippen molar-refractivity contribution in [3.63, 3.8) is 0 Å². The number of rotatable bonds is 6. The molecule has 25 heavy (non-hydrogen) atoms. The number of amides is 1. The van der Waals surface area contributed by atoms with Crippen LogP contribution in [0.5, 0.6) is 5.75 Å². The lowest BCUT2D eigenvalue weighted by atomic mass is 9.95. The zero-order chi connectivity index (χ0) is 18.4. The number of methoxy groups -OCH3 is 1. The van der Waals surface area contributed by atoms with Crippen molar-refractivity contribution in [3.8, 4) is 5.75 Å². The number of nitrogens with zero attached hydrogens (tertiary/aromatic N) is 1. The lowest BCUT2D eigenvalue weighted by Crippen LogP contribution is -2.41. The van der Waals surface area contributed by atoms with Gasteiger partial charge in [-0.3, -0.25) is 9.59 Å². The predicted octanol–water partition coefficient (Wildman–Crippen LogP) is 3.16. The van der Waals surface area contributed by atoms with Crippen LogP contribution in [0, 0.1) is 5.92 Å². The van der Waals surface area contributed by atoms with Gasteiger partial charge >= 0.3 is 5.97 Å². The van der Waals surface area contributed by atoms with Crippen LogP contribution in [-0.4, -0.2) is 43.6 Å². The molecular formula is C20H29NO4. The highest BCUT2D eigenvalue weighted by atomic mass is 16.5. The smallest absolute Gasteiger partial charge is 0.309 e. The Labute approximate surface area is 150 Å². The van der Waals surface area contributed by atoms with Crippen LogP contribution in [-0.2, 0) is 20.7 Å². The second kappa shape index (κ2) is 8.88. The van der Waals surface area contributed by atoms with Crippen molar-refractivity contribution in [3.05, 3.63) is 29.3 Å². The van der Waals surface area contributed by atoms with Gasteiger partial charge in [0.15, 0.2) is 0 Å². The summed E-state index contributed by atoms with van der Waals surface area (Å²) in [5, 5.41) is 0. The zero-order valence-electron chi connectivity index (χ0n) is 15.7. The van der Waals surface area contributed by atoms with Gasteiger partial charge in [-0.25, -0.2) is 0 Å². The minimum Gasteiger partial charge on any atom is -0.496 e. The maximum absolute atomic E-state index is 12.6. The molecule has 1 saturated heterocycles. The van der Waals surface area contributed by atoms with Gasteiger partial charge in [0.1, 0.15) is 5.75 Å². The van der Waals surface area contributed by atoms with Gasteiger partial charge in [0, 0.05) is 13.1 Å². The largest absolute Gasteiger partial charge is 0.496 e. The molecule has 1 fully saturated rings. The molecule has 0 atom stereocenters. The predicted molar refractivity (Wildman–Crippen MR) is 96.7 cm³/mol. The van der Waals surface area contributed by atoms with Crippen molar-refractivity contribution in [1.82, 2.24) is 4.90 Å². The van der Waals surface area contributed by atoms with Gasteiger partial charge in [-0.05, 0) is 42.9 Å². The summed E-state index contributed by atoms with van der Waals surface area (Å²) >= 11 is 0. The molecule has 0 aromatic heterocycles. The molecule has 5 heteroatoms. The van der Waals surface area contributed by atoms with Crippen LogP contribution in [0.15, 0.2) is 18.2 Å². The first kappa shape index (κ1) is 19.3. The van der Waals surface area contributed by atoms with Crippen LogP contribution in [0.4, 0.5) is 0 Å². The standard InChI is InChI=1S/C20H29NO4/c1-5-25-20(23)16-8-10-21(11-9-16)19(22)13-15-6-7-18(24-4)17(12-15)14(2)3/h6-7,12,14,16H,5,8-11,13H2,1-4H3. The quantitative estimate of drug-likeness (QED) is 0.742. The molecule has 0 saturated carbocycles. The van der Waals surface area contributed by atoms with Crippen LogP contribution in [0.1, 0.15) is 50.7 Å². The Hall–Kier alpha value is -2.04. The molecule has 0 unspecified atom stereocenters. The van der Waals surface area contributed by atoms with E-state index in [0.29, 0.717) is 44.9 Å². The summed E-state index contributed by atoms with van der Waals surface area (Å²) in [6.45, 7) is 7.70. The van der Waals surface area contributed by atoms with Crippen LogP contribution in [0.3, 0.4) is 0 Å². The number of hydrogen-bond acceptors (Lipinski definition) is 4.